The maximum absolute atomic E-state index is 12.8. The molecule has 0 saturated heterocycles. The molecule has 1 aromatic carbocycles. The first-order valence-corrected chi connectivity index (χ1v) is 11.6. The van der Waals surface area contributed by atoms with Gasteiger partial charge in [-0.3, -0.25) is 9.98 Å². The first-order valence-electron chi connectivity index (χ1n) is 10.6. The molecule has 1 aromatic heterocycles. The summed E-state index contributed by atoms with van der Waals surface area (Å²) < 4.78 is 25.6. The predicted molar refractivity (Wildman–Crippen MR) is 133 cm³/mol. The van der Waals surface area contributed by atoms with Gasteiger partial charge in [0.15, 0.2) is 5.04 Å². The molecule has 0 bridgehead atoms. The fourth-order valence-electron chi connectivity index (χ4n) is 3.54. The maximum Gasteiger partial charge on any atom is 0.287 e. The standard InChI is InChI=1S/C25H25F2N5S/c1-17-5-3-7-22(13-17)32(18(2)19-6-4-11-28-12-10-19)15-21-9-8-20(14-29-21)23-16-33-25(24(26)27)31-30-23/h3-10,12-14,23-24,30H,2,11,15-16H2,1H3. The fraction of sp³-hybridized carbons (Fsp3) is 0.240. The van der Waals surface area contributed by atoms with Crippen LogP contribution in [0.1, 0.15) is 22.9 Å². The van der Waals surface area contributed by atoms with Crippen molar-refractivity contribution in [2.75, 3.05) is 17.2 Å². The van der Waals surface area contributed by atoms with Crippen molar-refractivity contribution in [1.82, 2.24) is 10.4 Å². The van der Waals surface area contributed by atoms with Crippen molar-refractivity contribution in [1.29, 1.82) is 0 Å². The zero-order valence-electron chi connectivity index (χ0n) is 18.3. The van der Waals surface area contributed by atoms with Crippen molar-refractivity contribution < 1.29 is 8.78 Å². The zero-order valence-corrected chi connectivity index (χ0v) is 19.1. The Labute approximate surface area is 196 Å². The minimum Gasteiger partial charge on any atom is -0.335 e. The molecule has 1 atom stereocenters. The van der Waals surface area contributed by atoms with Crippen molar-refractivity contribution in [3.8, 4) is 0 Å². The highest BCUT2D eigenvalue weighted by Crippen LogP contribution is 2.28. The number of hydrogen-bond donors (Lipinski definition) is 1. The molecule has 2 aliphatic heterocycles. The molecule has 3 heterocycles. The van der Waals surface area contributed by atoms with Crippen LogP contribution in [0, 0.1) is 6.92 Å². The summed E-state index contributed by atoms with van der Waals surface area (Å²) >= 11 is 1.08. The quantitative estimate of drug-likeness (QED) is 0.592. The van der Waals surface area contributed by atoms with Crippen molar-refractivity contribution in [3.05, 3.63) is 95.5 Å². The number of aryl methyl sites for hydroxylation is 1. The van der Waals surface area contributed by atoms with Crippen LogP contribution in [0.25, 0.3) is 0 Å². The van der Waals surface area contributed by atoms with Crippen LogP contribution in [0.15, 0.2) is 88.8 Å². The van der Waals surface area contributed by atoms with Gasteiger partial charge in [0.2, 0.25) is 0 Å². The fourth-order valence-corrected chi connectivity index (χ4v) is 4.38. The van der Waals surface area contributed by atoms with Crippen molar-refractivity contribution >= 4 is 28.7 Å². The first kappa shape index (κ1) is 22.9. The van der Waals surface area contributed by atoms with Crippen LogP contribution in [0.3, 0.4) is 0 Å². The Morgan fingerprint density at radius 1 is 1.30 bits per heavy atom. The van der Waals surface area contributed by atoms with E-state index in [1.165, 1.54) is 0 Å². The Morgan fingerprint density at radius 2 is 2.18 bits per heavy atom. The monoisotopic (exact) mass is 465 g/mol. The lowest BCUT2D eigenvalue weighted by atomic mass is 10.1. The highest BCUT2D eigenvalue weighted by atomic mass is 32.2. The largest absolute Gasteiger partial charge is 0.335 e. The molecule has 1 unspecified atom stereocenters. The summed E-state index contributed by atoms with van der Waals surface area (Å²) in [5, 5.41) is 3.63. The smallest absolute Gasteiger partial charge is 0.287 e. The van der Waals surface area contributed by atoms with Gasteiger partial charge in [-0.25, -0.2) is 8.78 Å². The molecule has 0 radical (unpaired) electrons. The summed E-state index contributed by atoms with van der Waals surface area (Å²) in [6.07, 6.45) is 7.05. The number of benzene rings is 1. The number of halogens is 2. The van der Waals surface area contributed by atoms with Gasteiger partial charge in [-0.05, 0) is 47.9 Å². The van der Waals surface area contributed by atoms with Crippen LogP contribution in [0.4, 0.5) is 14.5 Å². The third-order valence-electron chi connectivity index (χ3n) is 5.33. The number of nitrogens with zero attached hydrogens (tertiary/aromatic N) is 4. The maximum atomic E-state index is 12.8. The Kier molecular flexibility index (Phi) is 7.34. The van der Waals surface area contributed by atoms with Gasteiger partial charge < -0.3 is 10.3 Å². The summed E-state index contributed by atoms with van der Waals surface area (Å²) in [7, 11) is 0. The average Bonchev–Trinajstić information content (AvgIpc) is 3.12. The first-order chi connectivity index (χ1) is 16.0. The summed E-state index contributed by atoms with van der Waals surface area (Å²) in [6.45, 7) is 7.61. The van der Waals surface area contributed by atoms with Gasteiger partial charge in [0.1, 0.15) is 0 Å². The lowest BCUT2D eigenvalue weighted by Gasteiger charge is -2.28. The Balaban J connectivity index is 1.54. The number of rotatable bonds is 7. The summed E-state index contributed by atoms with van der Waals surface area (Å²) in [5.41, 5.74) is 8.64. The summed E-state index contributed by atoms with van der Waals surface area (Å²) in [4.78, 5) is 11.1. The molecule has 0 spiro atoms. The van der Waals surface area contributed by atoms with E-state index in [1.54, 1.807) is 12.4 Å². The van der Waals surface area contributed by atoms with Gasteiger partial charge in [-0.1, -0.05) is 36.9 Å². The highest BCUT2D eigenvalue weighted by molar-refractivity contribution is 8.14. The molecule has 8 heteroatoms. The van der Waals surface area contributed by atoms with Gasteiger partial charge >= 0.3 is 0 Å². The zero-order chi connectivity index (χ0) is 23.2. The summed E-state index contributed by atoms with van der Waals surface area (Å²) in [5.74, 6) is 0.485. The van der Waals surface area contributed by atoms with Crippen molar-refractivity contribution in [2.24, 2.45) is 10.1 Å². The molecular formula is C25H25F2N5S. The lowest BCUT2D eigenvalue weighted by molar-refractivity contribution is 0.228. The number of alkyl halides is 2. The van der Waals surface area contributed by atoms with E-state index in [-0.39, 0.29) is 11.1 Å². The molecule has 0 saturated carbocycles. The van der Waals surface area contributed by atoms with E-state index in [0.717, 1.165) is 45.5 Å². The second-order valence-corrected chi connectivity index (χ2v) is 8.78. The molecule has 4 rings (SSSR count). The van der Waals surface area contributed by atoms with Crippen molar-refractivity contribution in [2.45, 2.75) is 25.9 Å². The number of anilines is 1. The third-order valence-corrected chi connectivity index (χ3v) is 6.39. The van der Waals surface area contributed by atoms with Crippen LogP contribution in [0.2, 0.25) is 0 Å². The number of pyridine rings is 1. The number of aromatic nitrogens is 1. The van der Waals surface area contributed by atoms with E-state index in [0.29, 0.717) is 18.8 Å². The van der Waals surface area contributed by atoms with Gasteiger partial charge in [0.25, 0.3) is 6.43 Å². The van der Waals surface area contributed by atoms with E-state index in [4.69, 9.17) is 0 Å². The number of aliphatic imine (C=N–C) groups is 1. The molecular weight excluding hydrogens is 440 g/mol. The Morgan fingerprint density at radius 3 is 2.88 bits per heavy atom. The highest BCUT2D eigenvalue weighted by Gasteiger charge is 2.23. The molecule has 0 amide bonds. The van der Waals surface area contributed by atoms with Crippen LogP contribution in [-0.4, -0.2) is 35.0 Å². The van der Waals surface area contributed by atoms with E-state index in [1.807, 2.05) is 36.4 Å². The van der Waals surface area contributed by atoms with E-state index in [2.05, 4.69) is 57.1 Å². The van der Waals surface area contributed by atoms with E-state index in [9.17, 15) is 8.78 Å². The molecule has 0 aliphatic carbocycles. The number of thioether (sulfide) groups is 1. The van der Waals surface area contributed by atoms with Gasteiger partial charge in [-0.15, -0.1) is 11.8 Å². The van der Waals surface area contributed by atoms with Crippen LogP contribution < -0.4 is 10.3 Å². The molecule has 170 valence electrons. The van der Waals surface area contributed by atoms with E-state index < -0.39 is 6.43 Å². The van der Waals surface area contributed by atoms with Crippen LogP contribution in [-0.2, 0) is 6.54 Å². The molecule has 2 aromatic rings. The predicted octanol–water partition coefficient (Wildman–Crippen LogP) is 5.43. The van der Waals surface area contributed by atoms with Gasteiger partial charge in [0, 0.05) is 29.5 Å². The number of hydrogen-bond acceptors (Lipinski definition) is 6. The third kappa shape index (κ3) is 5.76. The number of nitrogens with one attached hydrogen (secondary N) is 1. The van der Waals surface area contributed by atoms with Crippen LogP contribution >= 0.6 is 11.8 Å². The molecule has 33 heavy (non-hydrogen) atoms. The normalized spacial score (nSPS) is 17.8. The van der Waals surface area contributed by atoms with Crippen molar-refractivity contribution in [3.63, 3.8) is 0 Å². The molecule has 0 fully saturated rings. The van der Waals surface area contributed by atoms with E-state index >= 15 is 0 Å². The average molecular weight is 466 g/mol. The Bertz CT molecular complexity index is 1120. The number of allylic oxidation sites excluding steroid dienone is 2. The molecule has 2 aliphatic rings. The summed E-state index contributed by atoms with van der Waals surface area (Å²) in [6, 6.07) is 12.1. The minimum absolute atomic E-state index is 0.150. The molecule has 5 nitrogen and oxygen atoms in total. The SMILES string of the molecule is C=C(C1=CC=NCC=C1)N(Cc1ccc(C2CSC(C(F)F)=NN2)cn1)c1cccc(C)c1. The van der Waals surface area contributed by atoms with Crippen LogP contribution in [0.5, 0.6) is 0 Å². The minimum atomic E-state index is -2.55. The second-order valence-electron chi connectivity index (χ2n) is 7.74. The van der Waals surface area contributed by atoms with Gasteiger partial charge in [-0.2, -0.15) is 5.10 Å². The van der Waals surface area contributed by atoms with Gasteiger partial charge in [0.05, 0.1) is 24.8 Å². The number of hydrazone groups is 1. The molecule has 1 N–H and O–H groups in total. The lowest BCUT2D eigenvalue weighted by Crippen LogP contribution is -2.27. The topological polar surface area (TPSA) is 52.9 Å². The second kappa shape index (κ2) is 10.6. The Hall–Kier alpha value is -3.26.